The van der Waals surface area contributed by atoms with E-state index in [-0.39, 0.29) is 0 Å². The molecule has 1 aromatic rings. The molecule has 0 N–H and O–H groups in total. The Kier molecular flexibility index (Phi) is 3.37. The number of hydrogen-bond donors (Lipinski definition) is 0. The zero-order chi connectivity index (χ0) is 11.4. The molecule has 0 aliphatic rings. The molecule has 1 heterocycles. The van der Waals surface area contributed by atoms with E-state index in [0.717, 1.165) is 0 Å². The quantitative estimate of drug-likeness (QED) is 0.530. The van der Waals surface area contributed by atoms with Crippen molar-refractivity contribution < 1.29 is 9.85 Å². The van der Waals surface area contributed by atoms with Crippen molar-refractivity contribution >= 4 is 0 Å². The summed E-state index contributed by atoms with van der Waals surface area (Å²) in [7, 11) is 1.71. The molecule has 0 fully saturated rings. The van der Waals surface area contributed by atoms with Crippen LogP contribution in [0, 0.1) is 20.2 Å². The Morgan fingerprint density at radius 1 is 1.33 bits per heavy atom. The molecule has 1 aromatic heterocycles. The van der Waals surface area contributed by atoms with Crippen LogP contribution in [0.25, 0.3) is 0 Å². The third kappa shape index (κ3) is 3.04. The van der Waals surface area contributed by atoms with Gasteiger partial charge < -0.3 is 4.57 Å². The van der Waals surface area contributed by atoms with Gasteiger partial charge in [0.1, 0.15) is 5.92 Å². The van der Waals surface area contributed by atoms with Crippen molar-refractivity contribution in [3.63, 3.8) is 0 Å². The first-order valence-corrected chi connectivity index (χ1v) is 4.35. The standard InChI is InChI=1S/C8H11N3O4/c1-9-4-2-3-8(9)7(5-10(12)13)6-11(14)15/h2-4,7H,5-6H2,1H3. The van der Waals surface area contributed by atoms with Crippen LogP contribution in [-0.2, 0) is 7.05 Å². The van der Waals surface area contributed by atoms with Crippen LogP contribution in [0.5, 0.6) is 0 Å². The van der Waals surface area contributed by atoms with Gasteiger partial charge >= 0.3 is 0 Å². The zero-order valence-corrected chi connectivity index (χ0v) is 8.20. The van der Waals surface area contributed by atoms with Crippen LogP contribution in [-0.4, -0.2) is 27.5 Å². The minimum atomic E-state index is -0.671. The van der Waals surface area contributed by atoms with Gasteiger partial charge in [0.2, 0.25) is 13.1 Å². The molecule has 0 atom stereocenters. The van der Waals surface area contributed by atoms with Crippen LogP contribution in [0.1, 0.15) is 11.6 Å². The summed E-state index contributed by atoms with van der Waals surface area (Å²) < 4.78 is 1.66. The van der Waals surface area contributed by atoms with Crippen LogP contribution in [0.3, 0.4) is 0 Å². The zero-order valence-electron chi connectivity index (χ0n) is 8.20. The lowest BCUT2D eigenvalue weighted by molar-refractivity contribution is -0.516. The first-order chi connectivity index (χ1) is 7.00. The molecular formula is C8H11N3O4. The summed E-state index contributed by atoms with van der Waals surface area (Å²) in [6.45, 7) is -0.836. The molecule has 0 aliphatic carbocycles. The van der Waals surface area contributed by atoms with Crippen molar-refractivity contribution in [2.24, 2.45) is 7.05 Å². The lowest BCUT2D eigenvalue weighted by Gasteiger charge is -2.09. The predicted octanol–water partition coefficient (Wildman–Crippen LogP) is 0.662. The maximum absolute atomic E-state index is 10.4. The summed E-state index contributed by atoms with van der Waals surface area (Å²) >= 11 is 0. The molecule has 0 saturated heterocycles. The first-order valence-electron chi connectivity index (χ1n) is 4.35. The molecule has 82 valence electrons. The van der Waals surface area contributed by atoms with E-state index >= 15 is 0 Å². The smallest absolute Gasteiger partial charge is 0.218 e. The molecule has 0 bridgehead atoms. The fourth-order valence-electron chi connectivity index (χ4n) is 1.50. The summed E-state index contributed by atoms with van der Waals surface area (Å²) in [5, 5.41) is 20.7. The monoisotopic (exact) mass is 213 g/mol. The summed E-state index contributed by atoms with van der Waals surface area (Å²) in [5.41, 5.74) is 0.614. The van der Waals surface area contributed by atoms with Gasteiger partial charge in [-0.1, -0.05) is 0 Å². The average molecular weight is 213 g/mol. The number of nitrogens with zero attached hydrogens (tertiary/aromatic N) is 3. The number of aryl methyl sites for hydroxylation is 1. The number of hydrogen-bond acceptors (Lipinski definition) is 4. The first kappa shape index (κ1) is 11.2. The molecule has 15 heavy (non-hydrogen) atoms. The molecule has 1 rings (SSSR count). The van der Waals surface area contributed by atoms with Crippen LogP contribution in [0.15, 0.2) is 18.3 Å². The Bertz CT molecular complexity index is 358. The molecule has 0 aliphatic heterocycles. The van der Waals surface area contributed by atoms with Gasteiger partial charge in [-0.15, -0.1) is 0 Å². The van der Waals surface area contributed by atoms with Crippen molar-refractivity contribution in [2.45, 2.75) is 5.92 Å². The van der Waals surface area contributed by atoms with Gasteiger partial charge in [0, 0.05) is 28.8 Å². The van der Waals surface area contributed by atoms with Gasteiger partial charge in [-0.05, 0) is 12.1 Å². The molecule has 0 spiro atoms. The average Bonchev–Trinajstić information content (AvgIpc) is 2.48. The molecule has 0 aromatic carbocycles. The lowest BCUT2D eigenvalue weighted by atomic mass is 10.1. The van der Waals surface area contributed by atoms with Crippen molar-refractivity contribution in [3.8, 4) is 0 Å². The van der Waals surface area contributed by atoms with Crippen molar-refractivity contribution in [3.05, 3.63) is 44.3 Å². The summed E-state index contributed by atoms with van der Waals surface area (Å²) in [6.07, 6.45) is 1.71. The van der Waals surface area contributed by atoms with Crippen LogP contribution < -0.4 is 0 Å². The molecule has 7 heteroatoms. The third-order valence-electron chi connectivity index (χ3n) is 2.14. The highest BCUT2D eigenvalue weighted by molar-refractivity contribution is 5.12. The van der Waals surface area contributed by atoms with E-state index in [1.165, 1.54) is 0 Å². The van der Waals surface area contributed by atoms with Gasteiger partial charge in [0.25, 0.3) is 0 Å². The second-order valence-electron chi connectivity index (χ2n) is 3.27. The summed E-state index contributed by atoms with van der Waals surface area (Å²) in [6, 6.07) is 3.37. The van der Waals surface area contributed by atoms with E-state index in [1.54, 1.807) is 29.9 Å². The normalized spacial score (nSPS) is 10.5. The molecule has 0 unspecified atom stereocenters. The van der Waals surface area contributed by atoms with E-state index in [9.17, 15) is 20.2 Å². The number of rotatable bonds is 5. The van der Waals surface area contributed by atoms with Gasteiger partial charge in [0.15, 0.2) is 0 Å². The largest absolute Gasteiger partial charge is 0.354 e. The SMILES string of the molecule is Cn1cccc1C(C[N+](=O)[O-])C[N+](=O)[O-]. The molecule has 0 amide bonds. The predicted molar refractivity (Wildman–Crippen MR) is 51.9 cm³/mol. The van der Waals surface area contributed by atoms with Gasteiger partial charge in [0.05, 0.1) is 0 Å². The van der Waals surface area contributed by atoms with E-state index in [1.807, 2.05) is 0 Å². The summed E-state index contributed by atoms with van der Waals surface area (Å²) in [5.74, 6) is -0.671. The third-order valence-corrected chi connectivity index (χ3v) is 2.14. The van der Waals surface area contributed by atoms with Crippen LogP contribution in [0.4, 0.5) is 0 Å². The minimum absolute atomic E-state index is 0.418. The van der Waals surface area contributed by atoms with E-state index in [2.05, 4.69) is 0 Å². The van der Waals surface area contributed by atoms with Gasteiger partial charge in [-0.3, -0.25) is 20.2 Å². The van der Waals surface area contributed by atoms with Crippen molar-refractivity contribution in [2.75, 3.05) is 13.1 Å². The number of aromatic nitrogens is 1. The Hall–Kier alpha value is -1.92. The Balaban J connectivity index is 2.85. The highest BCUT2D eigenvalue weighted by Gasteiger charge is 2.25. The van der Waals surface area contributed by atoms with Crippen molar-refractivity contribution in [1.29, 1.82) is 0 Å². The summed E-state index contributed by atoms with van der Waals surface area (Å²) in [4.78, 5) is 19.7. The van der Waals surface area contributed by atoms with Gasteiger partial charge in [-0.25, -0.2) is 0 Å². The lowest BCUT2D eigenvalue weighted by Crippen LogP contribution is -2.22. The second kappa shape index (κ2) is 4.54. The molecule has 0 radical (unpaired) electrons. The topological polar surface area (TPSA) is 91.2 Å². The Morgan fingerprint density at radius 2 is 1.87 bits per heavy atom. The maximum Gasteiger partial charge on any atom is 0.218 e. The van der Waals surface area contributed by atoms with E-state index in [4.69, 9.17) is 0 Å². The van der Waals surface area contributed by atoms with Crippen LogP contribution >= 0.6 is 0 Å². The van der Waals surface area contributed by atoms with Crippen LogP contribution in [0.2, 0.25) is 0 Å². The van der Waals surface area contributed by atoms with Crippen molar-refractivity contribution in [1.82, 2.24) is 4.57 Å². The maximum atomic E-state index is 10.4. The Morgan fingerprint density at radius 3 is 2.20 bits per heavy atom. The highest BCUT2D eigenvalue weighted by Crippen LogP contribution is 2.16. The highest BCUT2D eigenvalue weighted by atomic mass is 16.6. The fourth-order valence-corrected chi connectivity index (χ4v) is 1.50. The van der Waals surface area contributed by atoms with E-state index < -0.39 is 28.9 Å². The molecule has 0 saturated carbocycles. The Labute approximate surface area is 85.6 Å². The second-order valence-corrected chi connectivity index (χ2v) is 3.27. The fraction of sp³-hybridized carbons (Fsp3) is 0.500. The van der Waals surface area contributed by atoms with Gasteiger partial charge in [-0.2, -0.15) is 0 Å². The number of nitro groups is 2. The minimum Gasteiger partial charge on any atom is -0.354 e. The molecule has 7 nitrogen and oxygen atoms in total. The van der Waals surface area contributed by atoms with E-state index in [0.29, 0.717) is 5.69 Å². The molecular weight excluding hydrogens is 202 g/mol.